The molecule has 3 rings (SSSR count). The lowest BCUT2D eigenvalue weighted by Gasteiger charge is -2.33. The van der Waals surface area contributed by atoms with E-state index in [1.54, 1.807) is 6.33 Å². The highest BCUT2D eigenvalue weighted by molar-refractivity contribution is 6.09. The summed E-state index contributed by atoms with van der Waals surface area (Å²) >= 11 is 0. The maximum absolute atomic E-state index is 9.29. The minimum Gasteiger partial charge on any atom is -0.515 e. The number of aliphatic hydroxyl groups is 1. The van der Waals surface area contributed by atoms with Gasteiger partial charge in [0.25, 0.3) is 0 Å². The van der Waals surface area contributed by atoms with E-state index in [1.165, 1.54) is 12.8 Å². The first kappa shape index (κ1) is 17.4. The fraction of sp³-hybridized carbons (Fsp3) is 0.421. The number of fused-ring (bicyclic) bond motifs is 1. The van der Waals surface area contributed by atoms with Gasteiger partial charge in [0.1, 0.15) is 12.1 Å². The van der Waals surface area contributed by atoms with E-state index < -0.39 is 0 Å². The summed E-state index contributed by atoms with van der Waals surface area (Å²) in [6.07, 6.45) is 8.28. The predicted octanol–water partition coefficient (Wildman–Crippen LogP) is 3.46. The summed E-state index contributed by atoms with van der Waals surface area (Å²) in [7, 11) is 4.29. The Labute approximate surface area is 148 Å². The highest BCUT2D eigenvalue weighted by Gasteiger charge is 2.23. The Bertz CT molecular complexity index is 778. The minimum absolute atomic E-state index is 0.411. The number of allylic oxidation sites excluding steroid dienone is 1. The molecule has 6 nitrogen and oxygen atoms in total. The summed E-state index contributed by atoms with van der Waals surface area (Å²) in [5.74, 6) is 0.822. The predicted molar refractivity (Wildman–Crippen MR) is 102 cm³/mol. The van der Waals surface area contributed by atoms with Crippen molar-refractivity contribution in [1.29, 1.82) is 5.41 Å². The lowest BCUT2D eigenvalue weighted by Crippen LogP contribution is -2.36. The van der Waals surface area contributed by atoms with Gasteiger partial charge in [-0.3, -0.25) is 0 Å². The third kappa shape index (κ3) is 3.79. The van der Waals surface area contributed by atoms with Crippen molar-refractivity contribution in [3.05, 3.63) is 36.4 Å². The molecule has 0 amide bonds. The van der Waals surface area contributed by atoms with Gasteiger partial charge in [-0.25, -0.2) is 9.97 Å². The molecule has 2 aromatic rings. The topological polar surface area (TPSA) is 85.1 Å². The normalized spacial score (nSPS) is 21.5. The van der Waals surface area contributed by atoms with Crippen molar-refractivity contribution < 1.29 is 5.11 Å². The molecule has 0 atom stereocenters. The monoisotopic (exact) mass is 339 g/mol. The largest absolute Gasteiger partial charge is 0.515 e. The first-order chi connectivity index (χ1) is 12.1. The van der Waals surface area contributed by atoms with E-state index in [4.69, 9.17) is 5.41 Å². The number of nitrogens with one attached hydrogen (secondary N) is 2. The van der Waals surface area contributed by atoms with Crippen molar-refractivity contribution in [3.63, 3.8) is 0 Å². The van der Waals surface area contributed by atoms with Crippen LogP contribution in [0.4, 0.5) is 5.82 Å². The summed E-state index contributed by atoms with van der Waals surface area (Å²) in [5.41, 5.74) is 2.09. The highest BCUT2D eigenvalue weighted by Crippen LogP contribution is 2.28. The van der Waals surface area contributed by atoms with Crippen molar-refractivity contribution in [3.8, 4) is 0 Å². The fourth-order valence-corrected chi connectivity index (χ4v) is 3.48. The van der Waals surface area contributed by atoms with Crippen molar-refractivity contribution >= 4 is 28.5 Å². The quantitative estimate of drug-likeness (QED) is 0.574. The average molecular weight is 339 g/mol. The molecule has 1 aromatic carbocycles. The molecule has 0 saturated heterocycles. The Hall–Kier alpha value is -2.47. The standard InChI is InChI=1S/C19H25N5O/c1-24(2)16-6-4-15(5-7-16)23-19-17-9-13(14(10-20)11-25)3-8-18(17)21-12-22-19/h3,8-12,15-16,20,25H,4-7H2,1-2H3,(H,21,22,23)/b14-11+,20-10?. The Morgan fingerprint density at radius 3 is 2.64 bits per heavy atom. The molecule has 1 aliphatic carbocycles. The molecule has 1 saturated carbocycles. The molecule has 0 bridgehead atoms. The molecule has 0 radical (unpaired) electrons. The van der Waals surface area contributed by atoms with Gasteiger partial charge in [-0.05, 0) is 57.5 Å². The first-order valence-corrected chi connectivity index (χ1v) is 8.65. The van der Waals surface area contributed by atoms with Crippen LogP contribution >= 0.6 is 0 Å². The van der Waals surface area contributed by atoms with E-state index >= 15 is 0 Å². The molecule has 132 valence electrons. The van der Waals surface area contributed by atoms with Gasteiger partial charge in [0.05, 0.1) is 11.8 Å². The maximum Gasteiger partial charge on any atom is 0.137 e. The number of hydrogen-bond donors (Lipinski definition) is 3. The molecular formula is C19H25N5O. The fourth-order valence-electron chi connectivity index (χ4n) is 3.48. The SMILES string of the molecule is CN(C)C1CCC(Nc2ncnc3ccc(/C(C=N)=C/O)cc23)CC1. The van der Waals surface area contributed by atoms with Crippen molar-refractivity contribution in [2.24, 2.45) is 0 Å². The van der Waals surface area contributed by atoms with Gasteiger partial charge in [-0.15, -0.1) is 0 Å². The number of aliphatic hydroxyl groups excluding tert-OH is 1. The van der Waals surface area contributed by atoms with Crippen LogP contribution < -0.4 is 5.32 Å². The van der Waals surface area contributed by atoms with Crippen molar-refractivity contribution in [2.45, 2.75) is 37.8 Å². The summed E-state index contributed by atoms with van der Waals surface area (Å²) in [5, 5.41) is 21.2. The summed E-state index contributed by atoms with van der Waals surface area (Å²) in [6.45, 7) is 0. The summed E-state index contributed by atoms with van der Waals surface area (Å²) < 4.78 is 0. The molecule has 0 aliphatic heterocycles. The molecule has 3 N–H and O–H groups in total. The van der Waals surface area contributed by atoms with Crippen LogP contribution in [0.5, 0.6) is 0 Å². The second kappa shape index (κ2) is 7.61. The molecule has 0 unspecified atom stereocenters. The van der Waals surface area contributed by atoms with E-state index in [-0.39, 0.29) is 0 Å². The maximum atomic E-state index is 9.29. The molecule has 1 aliphatic rings. The van der Waals surface area contributed by atoms with E-state index in [0.717, 1.165) is 47.6 Å². The zero-order valence-electron chi connectivity index (χ0n) is 14.7. The second-order valence-electron chi connectivity index (χ2n) is 6.80. The molecule has 1 heterocycles. The van der Waals surface area contributed by atoms with E-state index in [1.807, 2.05) is 18.2 Å². The van der Waals surface area contributed by atoms with Crippen LogP contribution in [-0.2, 0) is 0 Å². The van der Waals surface area contributed by atoms with Gasteiger partial charge in [0, 0.05) is 29.3 Å². The van der Waals surface area contributed by atoms with Gasteiger partial charge in [-0.1, -0.05) is 6.07 Å². The van der Waals surface area contributed by atoms with Gasteiger partial charge in [-0.2, -0.15) is 0 Å². The number of rotatable bonds is 5. The Balaban J connectivity index is 1.84. The molecule has 1 aromatic heterocycles. The van der Waals surface area contributed by atoms with Gasteiger partial charge >= 0.3 is 0 Å². The molecular weight excluding hydrogens is 314 g/mol. The molecule has 25 heavy (non-hydrogen) atoms. The molecule has 0 spiro atoms. The van der Waals surface area contributed by atoms with Crippen LogP contribution in [0.15, 0.2) is 30.8 Å². The third-order valence-electron chi connectivity index (χ3n) is 5.03. The highest BCUT2D eigenvalue weighted by atomic mass is 16.2. The van der Waals surface area contributed by atoms with Crippen LogP contribution in [0, 0.1) is 5.41 Å². The Morgan fingerprint density at radius 1 is 1.24 bits per heavy atom. The van der Waals surface area contributed by atoms with Gasteiger partial charge in [0.15, 0.2) is 0 Å². The van der Waals surface area contributed by atoms with Crippen LogP contribution in [0.25, 0.3) is 16.5 Å². The Morgan fingerprint density at radius 2 is 2.00 bits per heavy atom. The zero-order valence-corrected chi connectivity index (χ0v) is 14.7. The minimum atomic E-state index is 0.411. The summed E-state index contributed by atoms with van der Waals surface area (Å²) in [4.78, 5) is 11.1. The van der Waals surface area contributed by atoms with Crippen molar-refractivity contribution in [2.75, 3.05) is 19.4 Å². The first-order valence-electron chi connectivity index (χ1n) is 8.65. The number of anilines is 1. The smallest absolute Gasteiger partial charge is 0.137 e. The summed E-state index contributed by atoms with van der Waals surface area (Å²) in [6, 6.07) is 6.75. The van der Waals surface area contributed by atoms with Crippen LogP contribution in [0.3, 0.4) is 0 Å². The van der Waals surface area contributed by atoms with E-state index in [9.17, 15) is 5.11 Å². The zero-order chi connectivity index (χ0) is 17.8. The third-order valence-corrected chi connectivity index (χ3v) is 5.03. The van der Waals surface area contributed by atoms with Crippen LogP contribution in [0.1, 0.15) is 31.2 Å². The average Bonchev–Trinajstić information content (AvgIpc) is 2.63. The van der Waals surface area contributed by atoms with Gasteiger partial charge in [0.2, 0.25) is 0 Å². The number of benzene rings is 1. The Kier molecular flexibility index (Phi) is 5.28. The lowest BCUT2D eigenvalue weighted by atomic mass is 9.90. The molecule has 6 heteroatoms. The van der Waals surface area contributed by atoms with Gasteiger partial charge < -0.3 is 20.7 Å². The van der Waals surface area contributed by atoms with Crippen LogP contribution in [0.2, 0.25) is 0 Å². The lowest BCUT2D eigenvalue weighted by molar-refractivity contribution is 0.221. The number of hydrogen-bond acceptors (Lipinski definition) is 6. The van der Waals surface area contributed by atoms with E-state index in [0.29, 0.717) is 17.7 Å². The second-order valence-corrected chi connectivity index (χ2v) is 6.80. The van der Waals surface area contributed by atoms with Crippen molar-refractivity contribution in [1.82, 2.24) is 14.9 Å². The van der Waals surface area contributed by atoms with Crippen LogP contribution in [-0.4, -0.2) is 52.4 Å². The van der Waals surface area contributed by atoms with E-state index in [2.05, 4.69) is 34.3 Å². The number of aromatic nitrogens is 2. The molecule has 1 fully saturated rings. The number of nitrogens with zero attached hydrogens (tertiary/aromatic N) is 3.